The molecule has 2 aliphatic rings. The highest BCUT2D eigenvalue weighted by Crippen LogP contribution is 2.36. The van der Waals surface area contributed by atoms with Gasteiger partial charge in [0.2, 0.25) is 0 Å². The van der Waals surface area contributed by atoms with Crippen molar-refractivity contribution in [2.45, 2.75) is 39.7 Å². The van der Waals surface area contributed by atoms with Gasteiger partial charge in [-0.15, -0.1) is 0 Å². The van der Waals surface area contributed by atoms with Crippen LogP contribution in [0.5, 0.6) is 0 Å². The fourth-order valence-corrected chi connectivity index (χ4v) is 6.10. The van der Waals surface area contributed by atoms with Gasteiger partial charge >= 0.3 is 5.97 Å². The molecule has 1 aromatic heterocycles. The number of nitrogens with zero attached hydrogens (tertiary/aromatic N) is 3. The van der Waals surface area contributed by atoms with Crippen LogP contribution in [0.15, 0.2) is 69.6 Å². The van der Waals surface area contributed by atoms with Crippen molar-refractivity contribution in [1.82, 2.24) is 4.57 Å². The van der Waals surface area contributed by atoms with Gasteiger partial charge in [-0.3, -0.25) is 14.2 Å². The molecule has 7 nitrogen and oxygen atoms in total. The third kappa shape index (κ3) is 4.24. The first kappa shape index (κ1) is 25.2. The summed E-state index contributed by atoms with van der Waals surface area (Å²) in [6.45, 7) is 6.31. The molecule has 2 aromatic carbocycles. The fourth-order valence-electron chi connectivity index (χ4n) is 4.84. The van der Waals surface area contributed by atoms with Crippen molar-refractivity contribution in [2.75, 3.05) is 18.1 Å². The van der Waals surface area contributed by atoms with Crippen molar-refractivity contribution in [2.24, 2.45) is 4.99 Å². The molecule has 3 aromatic rings. The number of carbonyl (C=O) groups is 2. The lowest BCUT2D eigenvalue weighted by Gasteiger charge is -2.24. The van der Waals surface area contributed by atoms with Gasteiger partial charge in [0.15, 0.2) is 4.80 Å². The highest BCUT2D eigenvalue weighted by molar-refractivity contribution is 7.07. The van der Waals surface area contributed by atoms with E-state index in [1.165, 1.54) is 15.9 Å². The number of benzene rings is 2. The Morgan fingerprint density at radius 3 is 2.54 bits per heavy atom. The molecule has 1 amide bonds. The normalized spacial score (nSPS) is 18.0. The molecule has 190 valence electrons. The SMILES string of the molecule is CCCCN1C(=O)/C(=c2/sc3n(c2=O)[C@@H](c2ccc(Cl)cc2)C(C(=O)OCC)=C(C)N=3)c2ccccc21. The van der Waals surface area contributed by atoms with Gasteiger partial charge in [0.25, 0.3) is 11.5 Å². The molecule has 0 spiro atoms. The first-order valence-electron chi connectivity index (χ1n) is 12.3. The largest absolute Gasteiger partial charge is 0.463 e. The number of fused-ring (bicyclic) bond motifs is 2. The minimum Gasteiger partial charge on any atom is -0.463 e. The predicted octanol–water partition coefficient (Wildman–Crippen LogP) is 3.97. The summed E-state index contributed by atoms with van der Waals surface area (Å²) in [5, 5.41) is 0.539. The predicted molar refractivity (Wildman–Crippen MR) is 144 cm³/mol. The summed E-state index contributed by atoms with van der Waals surface area (Å²) in [7, 11) is 0. The van der Waals surface area contributed by atoms with Gasteiger partial charge < -0.3 is 9.64 Å². The molecule has 1 atom stereocenters. The number of rotatable bonds is 6. The molecule has 0 N–H and O–H groups in total. The smallest absolute Gasteiger partial charge is 0.338 e. The summed E-state index contributed by atoms with van der Waals surface area (Å²) in [4.78, 5) is 47.6. The molecule has 3 heterocycles. The van der Waals surface area contributed by atoms with E-state index in [9.17, 15) is 14.4 Å². The topological polar surface area (TPSA) is 81.0 Å². The summed E-state index contributed by atoms with van der Waals surface area (Å²) in [6.07, 6.45) is 1.80. The molecule has 0 radical (unpaired) electrons. The van der Waals surface area contributed by atoms with Crippen LogP contribution in [0.1, 0.15) is 50.8 Å². The number of allylic oxidation sites excluding steroid dienone is 1. The number of ether oxygens (including phenoxy) is 1. The van der Waals surface area contributed by atoms with Crippen LogP contribution in [0.4, 0.5) is 5.69 Å². The molecule has 0 bridgehead atoms. The Hall–Kier alpha value is -3.49. The maximum atomic E-state index is 14.1. The van der Waals surface area contributed by atoms with E-state index in [2.05, 4.69) is 11.9 Å². The number of thiazole rings is 1. The number of para-hydroxylation sites is 1. The molecule has 0 unspecified atom stereocenters. The monoisotopic (exact) mass is 535 g/mol. The zero-order valence-electron chi connectivity index (χ0n) is 20.8. The number of hydrogen-bond donors (Lipinski definition) is 0. The average molecular weight is 536 g/mol. The van der Waals surface area contributed by atoms with Gasteiger partial charge in [0, 0.05) is 17.1 Å². The minimum atomic E-state index is -0.759. The quantitative estimate of drug-likeness (QED) is 0.447. The average Bonchev–Trinajstić information content (AvgIpc) is 3.34. The van der Waals surface area contributed by atoms with Crippen molar-refractivity contribution in [1.29, 1.82) is 0 Å². The Labute approximate surface area is 223 Å². The van der Waals surface area contributed by atoms with E-state index >= 15 is 0 Å². The molecule has 0 saturated carbocycles. The molecule has 0 aliphatic carbocycles. The fraction of sp³-hybridized carbons (Fsp3) is 0.286. The van der Waals surface area contributed by atoms with Gasteiger partial charge in [-0.05, 0) is 44.0 Å². The Morgan fingerprint density at radius 2 is 1.84 bits per heavy atom. The zero-order valence-corrected chi connectivity index (χ0v) is 22.4. The van der Waals surface area contributed by atoms with Gasteiger partial charge in [-0.2, -0.15) is 0 Å². The summed E-state index contributed by atoms with van der Waals surface area (Å²) in [6, 6.07) is 13.8. The third-order valence-electron chi connectivity index (χ3n) is 6.56. The molecule has 37 heavy (non-hydrogen) atoms. The van der Waals surface area contributed by atoms with Crippen LogP contribution in [-0.2, 0) is 14.3 Å². The van der Waals surface area contributed by atoms with E-state index in [0.29, 0.717) is 37.7 Å². The number of halogens is 1. The van der Waals surface area contributed by atoms with Gasteiger partial charge in [-0.25, -0.2) is 9.79 Å². The van der Waals surface area contributed by atoms with Gasteiger partial charge in [-0.1, -0.05) is 66.6 Å². The number of anilines is 1. The van der Waals surface area contributed by atoms with Crippen LogP contribution in [-0.4, -0.2) is 29.6 Å². The summed E-state index contributed by atoms with van der Waals surface area (Å²) >= 11 is 7.30. The molecule has 2 aliphatic heterocycles. The maximum absolute atomic E-state index is 14.1. The molecule has 9 heteroatoms. The number of carbonyl (C=O) groups excluding carboxylic acids is 2. The van der Waals surface area contributed by atoms with E-state index in [1.807, 2.05) is 24.3 Å². The lowest BCUT2D eigenvalue weighted by Crippen LogP contribution is -2.41. The molecule has 0 fully saturated rings. The lowest BCUT2D eigenvalue weighted by atomic mass is 9.96. The van der Waals surface area contributed by atoms with Crippen LogP contribution in [0.2, 0.25) is 5.02 Å². The Morgan fingerprint density at radius 1 is 1.11 bits per heavy atom. The zero-order chi connectivity index (χ0) is 26.3. The van der Waals surface area contributed by atoms with Crippen molar-refractivity contribution < 1.29 is 14.3 Å². The number of aromatic nitrogens is 1. The number of unbranched alkanes of at least 4 members (excludes halogenated alkanes) is 1. The third-order valence-corrected chi connectivity index (χ3v) is 7.87. The van der Waals surface area contributed by atoms with E-state index in [-0.39, 0.29) is 23.6 Å². The van der Waals surface area contributed by atoms with E-state index < -0.39 is 12.0 Å². The van der Waals surface area contributed by atoms with Crippen LogP contribution in [0.25, 0.3) is 5.57 Å². The lowest BCUT2D eigenvalue weighted by molar-refractivity contribution is -0.139. The Bertz CT molecular complexity index is 1620. The van der Waals surface area contributed by atoms with Crippen molar-refractivity contribution in [3.05, 3.63) is 95.6 Å². The van der Waals surface area contributed by atoms with Crippen LogP contribution in [0.3, 0.4) is 0 Å². The second-order valence-corrected chi connectivity index (χ2v) is 10.3. The van der Waals surface area contributed by atoms with Crippen LogP contribution in [0, 0.1) is 0 Å². The van der Waals surface area contributed by atoms with Crippen molar-refractivity contribution in [3.63, 3.8) is 0 Å². The van der Waals surface area contributed by atoms with Crippen LogP contribution < -0.4 is 19.8 Å². The number of esters is 1. The van der Waals surface area contributed by atoms with E-state index in [4.69, 9.17) is 16.3 Å². The molecule has 5 rings (SSSR count). The van der Waals surface area contributed by atoms with Crippen LogP contribution >= 0.6 is 22.9 Å². The second-order valence-electron chi connectivity index (χ2n) is 8.88. The maximum Gasteiger partial charge on any atom is 0.338 e. The first-order valence-corrected chi connectivity index (χ1v) is 13.5. The van der Waals surface area contributed by atoms with E-state index in [0.717, 1.165) is 24.1 Å². The van der Waals surface area contributed by atoms with Crippen molar-refractivity contribution in [3.8, 4) is 0 Å². The minimum absolute atomic E-state index is 0.190. The number of amides is 1. The van der Waals surface area contributed by atoms with Crippen molar-refractivity contribution >= 4 is 46.1 Å². The number of hydrogen-bond acceptors (Lipinski definition) is 6. The first-order chi connectivity index (χ1) is 17.9. The van der Waals surface area contributed by atoms with Gasteiger partial charge in [0.05, 0.1) is 35.2 Å². The second kappa shape index (κ2) is 10.1. The summed E-state index contributed by atoms with van der Waals surface area (Å²) < 4.78 is 7.16. The Balaban J connectivity index is 1.78. The summed E-state index contributed by atoms with van der Waals surface area (Å²) in [5.74, 6) is -0.723. The standard InChI is InChI=1S/C28H26ClN3O4S/c1-4-6-15-31-20-10-8-7-9-19(20)22(25(31)33)24-26(34)32-23(17-11-13-18(29)14-12-17)21(27(35)36-5-2)16(3)30-28(32)37-24/h7-14,23H,4-6,15H2,1-3H3/b24-22+/t23-/m0/s1. The Kier molecular flexibility index (Phi) is 6.88. The summed E-state index contributed by atoms with van der Waals surface area (Å²) in [5.41, 5.74) is 3.01. The highest BCUT2D eigenvalue weighted by atomic mass is 35.5. The van der Waals surface area contributed by atoms with E-state index in [1.54, 1.807) is 43.0 Å². The highest BCUT2D eigenvalue weighted by Gasteiger charge is 2.37. The van der Waals surface area contributed by atoms with Gasteiger partial charge in [0.1, 0.15) is 4.53 Å². The molecule has 0 saturated heterocycles. The molecular formula is C28H26ClN3O4S. The molecular weight excluding hydrogens is 510 g/mol.